The third-order valence-electron chi connectivity index (χ3n) is 5.51. The number of thioether (sulfide) groups is 1. The fraction of sp³-hybridized carbons (Fsp3) is 0.115. The van der Waals surface area contributed by atoms with Crippen molar-refractivity contribution in [2.24, 2.45) is 0 Å². The molecule has 0 fully saturated rings. The van der Waals surface area contributed by atoms with E-state index in [0.29, 0.717) is 4.53 Å². The van der Waals surface area contributed by atoms with Crippen LogP contribution < -0.4 is 42.0 Å². The second-order valence-electron chi connectivity index (χ2n) is 7.52. The Bertz CT molecular complexity index is 1400. The average Bonchev–Trinajstić information content (AvgIpc) is 3.35. The summed E-state index contributed by atoms with van der Waals surface area (Å²) in [7, 11) is 0. The normalized spacial score (nSPS) is 18.1. The summed E-state index contributed by atoms with van der Waals surface area (Å²) in [5.41, 5.74) is 3.18. The summed E-state index contributed by atoms with van der Waals surface area (Å²) in [6.07, 6.45) is 4.07. The number of nitrogens with one attached hydrogen (secondary N) is 2. The molecule has 0 bridgehead atoms. The van der Waals surface area contributed by atoms with Crippen LogP contribution in [-0.4, -0.2) is 16.5 Å². The lowest BCUT2D eigenvalue weighted by Crippen LogP contribution is -3.08. The highest BCUT2D eigenvalue weighted by Crippen LogP contribution is 2.33. The molecule has 4 aromatic rings. The number of para-hydroxylation sites is 3. The van der Waals surface area contributed by atoms with Crippen LogP contribution in [0.15, 0.2) is 94.6 Å². The Balaban J connectivity index is 0.00000259. The molecule has 0 spiro atoms. The lowest BCUT2D eigenvalue weighted by Gasteiger charge is -2.16. The van der Waals surface area contributed by atoms with Crippen molar-refractivity contribution in [3.8, 4) is 5.69 Å². The average molecular weight is 539 g/mol. The summed E-state index contributed by atoms with van der Waals surface area (Å²) in [6, 6.07) is 28.4. The first-order valence-corrected chi connectivity index (χ1v) is 12.4. The van der Waals surface area contributed by atoms with Gasteiger partial charge < -0.3 is 22.3 Å². The van der Waals surface area contributed by atoms with Crippen LogP contribution in [0.3, 0.4) is 0 Å². The molecule has 168 valence electrons. The molecule has 3 aromatic carbocycles. The van der Waals surface area contributed by atoms with Gasteiger partial charge in [0.05, 0.1) is 17.1 Å². The first-order valence-electron chi connectivity index (χ1n) is 10.7. The molecule has 1 aromatic heterocycles. The smallest absolute Gasteiger partial charge is 0.275 e. The topological polar surface area (TPSA) is 38.5 Å². The number of fused-ring (bicyclic) bond motifs is 1. The first-order chi connectivity index (χ1) is 15.7. The number of halogens is 1. The van der Waals surface area contributed by atoms with Crippen molar-refractivity contribution >= 4 is 46.7 Å². The fourth-order valence-electron chi connectivity index (χ4n) is 3.97. The predicted octanol–water partition coefficient (Wildman–Crippen LogP) is 0.202. The van der Waals surface area contributed by atoms with Gasteiger partial charge in [0.15, 0.2) is 5.37 Å². The van der Waals surface area contributed by atoms with Crippen molar-refractivity contribution in [2.75, 3.05) is 11.9 Å². The SMILES string of the molecule is CC[NH+]1c2ccccc2SC1/C=c1\s/c(=C/Nc2ccccc2)c(=O)n1-c1ccccc1.[Br-]. The van der Waals surface area contributed by atoms with Gasteiger partial charge in [0.2, 0.25) is 0 Å². The summed E-state index contributed by atoms with van der Waals surface area (Å²) in [4.78, 5) is 16.2. The number of quaternary nitrogens is 1. The Morgan fingerprint density at radius 3 is 2.36 bits per heavy atom. The number of benzene rings is 3. The third-order valence-corrected chi connectivity index (χ3v) is 7.84. The Kier molecular flexibility index (Phi) is 7.55. The van der Waals surface area contributed by atoms with E-state index in [1.165, 1.54) is 26.8 Å². The van der Waals surface area contributed by atoms with Gasteiger partial charge in [-0.15, -0.1) is 11.3 Å². The van der Waals surface area contributed by atoms with Gasteiger partial charge in [0.25, 0.3) is 5.56 Å². The molecule has 0 aliphatic carbocycles. The fourth-order valence-corrected chi connectivity index (χ4v) is 6.45. The Morgan fingerprint density at radius 1 is 0.970 bits per heavy atom. The quantitative estimate of drug-likeness (QED) is 0.382. The molecule has 2 atom stereocenters. The molecule has 2 heterocycles. The Morgan fingerprint density at radius 2 is 1.64 bits per heavy atom. The van der Waals surface area contributed by atoms with Crippen LogP contribution in [0.4, 0.5) is 11.4 Å². The lowest BCUT2D eigenvalue weighted by molar-refractivity contribution is -0.830. The zero-order valence-corrected chi connectivity index (χ0v) is 21.3. The van der Waals surface area contributed by atoms with Crippen LogP contribution in [0.1, 0.15) is 6.92 Å². The largest absolute Gasteiger partial charge is 1.00 e. The molecule has 0 saturated carbocycles. The maximum absolute atomic E-state index is 13.4. The number of rotatable bonds is 5. The molecular weight excluding hydrogens is 514 g/mol. The molecule has 33 heavy (non-hydrogen) atoms. The summed E-state index contributed by atoms with van der Waals surface area (Å²) in [5.74, 6) is 0. The summed E-state index contributed by atoms with van der Waals surface area (Å²) < 4.78 is 3.47. The van der Waals surface area contributed by atoms with E-state index in [1.54, 1.807) is 0 Å². The second-order valence-corrected chi connectivity index (χ2v) is 9.76. The molecule has 2 N–H and O–H groups in total. The second kappa shape index (κ2) is 10.6. The van der Waals surface area contributed by atoms with E-state index >= 15 is 0 Å². The van der Waals surface area contributed by atoms with E-state index in [1.807, 2.05) is 83.2 Å². The molecular formula is C26H24BrN3OS2. The van der Waals surface area contributed by atoms with Crippen molar-refractivity contribution in [1.82, 2.24) is 4.57 Å². The van der Waals surface area contributed by atoms with E-state index in [-0.39, 0.29) is 27.9 Å². The van der Waals surface area contributed by atoms with Crippen LogP contribution >= 0.6 is 23.1 Å². The van der Waals surface area contributed by atoms with Crippen molar-refractivity contribution in [1.29, 1.82) is 0 Å². The van der Waals surface area contributed by atoms with Crippen molar-refractivity contribution in [3.63, 3.8) is 0 Å². The monoisotopic (exact) mass is 537 g/mol. The highest BCUT2D eigenvalue weighted by molar-refractivity contribution is 8.00. The van der Waals surface area contributed by atoms with E-state index in [9.17, 15) is 4.79 Å². The van der Waals surface area contributed by atoms with E-state index in [0.717, 1.165) is 22.6 Å². The maximum atomic E-state index is 13.4. The van der Waals surface area contributed by atoms with Gasteiger partial charge in [-0.1, -0.05) is 60.3 Å². The van der Waals surface area contributed by atoms with Crippen molar-refractivity contribution in [2.45, 2.75) is 17.2 Å². The molecule has 1 aliphatic rings. The van der Waals surface area contributed by atoms with Gasteiger partial charge in [0.1, 0.15) is 14.9 Å². The van der Waals surface area contributed by atoms with Crippen molar-refractivity contribution in [3.05, 3.63) is 104 Å². The van der Waals surface area contributed by atoms with E-state index in [4.69, 9.17) is 0 Å². The predicted molar refractivity (Wildman–Crippen MR) is 135 cm³/mol. The zero-order valence-electron chi connectivity index (χ0n) is 18.1. The van der Waals surface area contributed by atoms with Gasteiger partial charge in [0, 0.05) is 24.0 Å². The summed E-state index contributed by atoms with van der Waals surface area (Å²) in [6.45, 7) is 3.20. The number of thiazole rings is 1. The van der Waals surface area contributed by atoms with Crippen LogP contribution in [-0.2, 0) is 0 Å². The van der Waals surface area contributed by atoms with Crippen molar-refractivity contribution < 1.29 is 21.9 Å². The summed E-state index contributed by atoms with van der Waals surface area (Å²) in [5, 5.41) is 3.49. The third kappa shape index (κ3) is 4.87. The number of hydrogen-bond acceptors (Lipinski definition) is 4. The minimum Gasteiger partial charge on any atom is -1.00 e. The Labute approximate surface area is 211 Å². The van der Waals surface area contributed by atoms with E-state index in [2.05, 4.69) is 42.6 Å². The molecule has 4 nitrogen and oxygen atoms in total. The minimum absolute atomic E-state index is 0. The van der Waals surface area contributed by atoms with Gasteiger partial charge >= 0.3 is 0 Å². The Hall–Kier alpha value is -2.58. The van der Waals surface area contributed by atoms with E-state index < -0.39 is 0 Å². The maximum Gasteiger partial charge on any atom is 0.275 e. The van der Waals surface area contributed by atoms with Crippen LogP contribution in [0.2, 0.25) is 0 Å². The van der Waals surface area contributed by atoms with Crippen LogP contribution in [0.5, 0.6) is 0 Å². The molecule has 0 saturated heterocycles. The number of hydrogen-bond donors (Lipinski definition) is 2. The number of nitrogens with zero attached hydrogens (tertiary/aromatic N) is 1. The standard InChI is InChI=1S/C26H23N3OS2.BrH/c1-2-28-21-15-9-10-16-22(21)31-24(28)17-25-29(20-13-7-4-8-14-20)26(30)23(32-25)18-27-19-11-5-3-6-12-19;/h3-18,24,27H,2H2,1H3;1H/b23-18+,25-17-;. The van der Waals surface area contributed by atoms with Gasteiger partial charge in [-0.3, -0.25) is 14.3 Å². The molecule has 2 unspecified atom stereocenters. The van der Waals surface area contributed by atoms with Gasteiger partial charge in [-0.25, -0.2) is 0 Å². The highest BCUT2D eigenvalue weighted by Gasteiger charge is 2.32. The highest BCUT2D eigenvalue weighted by atomic mass is 79.9. The molecule has 0 amide bonds. The zero-order chi connectivity index (χ0) is 21.9. The molecule has 5 rings (SSSR count). The number of aromatic nitrogens is 1. The molecule has 0 radical (unpaired) electrons. The van der Waals surface area contributed by atoms with Crippen LogP contribution in [0, 0.1) is 0 Å². The minimum atomic E-state index is -0.00515. The number of anilines is 1. The van der Waals surface area contributed by atoms with Gasteiger partial charge in [-0.05, 0) is 37.3 Å². The summed E-state index contributed by atoms with van der Waals surface area (Å²) >= 11 is 3.39. The van der Waals surface area contributed by atoms with Gasteiger partial charge in [-0.2, -0.15) is 0 Å². The molecule has 1 aliphatic heterocycles. The first kappa shape index (κ1) is 23.6. The molecule has 7 heteroatoms. The lowest BCUT2D eigenvalue weighted by atomic mass is 10.3. The van der Waals surface area contributed by atoms with Crippen LogP contribution in [0.25, 0.3) is 18.0 Å².